The van der Waals surface area contributed by atoms with Gasteiger partial charge >= 0.3 is 0 Å². The van der Waals surface area contributed by atoms with Gasteiger partial charge < -0.3 is 9.84 Å². The van der Waals surface area contributed by atoms with Crippen molar-refractivity contribution in [2.45, 2.75) is 44.6 Å². The highest BCUT2D eigenvalue weighted by atomic mass is 32.2. The highest BCUT2D eigenvalue weighted by Crippen LogP contribution is 2.23. The van der Waals surface area contributed by atoms with E-state index in [2.05, 4.69) is 18.6 Å². The van der Waals surface area contributed by atoms with Crippen LogP contribution in [0.3, 0.4) is 0 Å². The van der Waals surface area contributed by atoms with Crippen molar-refractivity contribution < 1.29 is 18.3 Å². The van der Waals surface area contributed by atoms with Gasteiger partial charge in [-0.1, -0.05) is 13.8 Å². The van der Waals surface area contributed by atoms with E-state index in [0.29, 0.717) is 17.2 Å². The summed E-state index contributed by atoms with van der Waals surface area (Å²) in [4.78, 5) is 0.202. The molecule has 1 rings (SSSR count). The second-order valence-electron chi connectivity index (χ2n) is 5.60. The molecule has 6 heteroatoms. The lowest BCUT2D eigenvalue weighted by molar-refractivity contribution is 0.298. The maximum atomic E-state index is 12.5. The van der Waals surface area contributed by atoms with Crippen molar-refractivity contribution in [1.29, 1.82) is 0 Å². The number of aliphatic hydroxyl groups is 1. The van der Waals surface area contributed by atoms with Gasteiger partial charge in [0.15, 0.2) is 0 Å². The average Bonchev–Trinajstić information content (AvgIpc) is 2.36. The van der Waals surface area contributed by atoms with Gasteiger partial charge in [0.2, 0.25) is 10.0 Å². The third kappa shape index (κ3) is 5.30. The van der Waals surface area contributed by atoms with Crippen molar-refractivity contribution in [2.75, 3.05) is 13.7 Å². The molecule has 0 radical (unpaired) electrons. The van der Waals surface area contributed by atoms with Gasteiger partial charge in [-0.2, -0.15) is 0 Å². The Bertz CT molecular complexity index is 555. The van der Waals surface area contributed by atoms with Gasteiger partial charge in [0.1, 0.15) is 5.75 Å². The molecule has 1 atom stereocenters. The third-order valence-corrected chi connectivity index (χ3v) is 4.81. The predicted molar refractivity (Wildman–Crippen MR) is 83.0 cm³/mol. The molecule has 0 spiro atoms. The highest BCUT2D eigenvalue weighted by Gasteiger charge is 2.21. The molecule has 0 amide bonds. The SMILES string of the molecule is COc1ccc(S(=O)(=O)NC(C)CC(C)C)c(CCO)c1. The first kappa shape index (κ1) is 17.9. The molecule has 0 aliphatic rings. The summed E-state index contributed by atoms with van der Waals surface area (Å²) in [6.45, 7) is 5.84. The van der Waals surface area contributed by atoms with Gasteiger partial charge in [-0.15, -0.1) is 0 Å². The van der Waals surface area contributed by atoms with Crippen LogP contribution in [-0.2, 0) is 16.4 Å². The quantitative estimate of drug-likeness (QED) is 0.769. The molecule has 0 saturated carbocycles. The van der Waals surface area contributed by atoms with Crippen molar-refractivity contribution in [3.05, 3.63) is 23.8 Å². The molecule has 120 valence electrons. The first-order valence-corrected chi connectivity index (χ1v) is 8.58. The minimum atomic E-state index is -3.60. The van der Waals surface area contributed by atoms with Gasteiger partial charge in [-0.05, 0) is 49.4 Å². The smallest absolute Gasteiger partial charge is 0.241 e. The molecule has 0 aliphatic heterocycles. The first-order valence-electron chi connectivity index (χ1n) is 7.10. The number of ether oxygens (including phenoxy) is 1. The lowest BCUT2D eigenvalue weighted by Gasteiger charge is -2.18. The van der Waals surface area contributed by atoms with E-state index >= 15 is 0 Å². The van der Waals surface area contributed by atoms with E-state index in [1.807, 2.05) is 6.92 Å². The van der Waals surface area contributed by atoms with Gasteiger partial charge in [0.25, 0.3) is 0 Å². The van der Waals surface area contributed by atoms with Gasteiger partial charge in [0.05, 0.1) is 12.0 Å². The van der Waals surface area contributed by atoms with Crippen molar-refractivity contribution in [2.24, 2.45) is 5.92 Å². The Kier molecular flexibility index (Phi) is 6.64. The minimum Gasteiger partial charge on any atom is -0.497 e. The number of hydrogen-bond acceptors (Lipinski definition) is 4. The molecular formula is C15H25NO4S. The van der Waals surface area contributed by atoms with Crippen molar-refractivity contribution in [1.82, 2.24) is 4.72 Å². The Morgan fingerprint density at radius 2 is 1.95 bits per heavy atom. The molecule has 1 aromatic carbocycles. The fourth-order valence-corrected chi connectivity index (χ4v) is 3.85. The number of sulfonamides is 1. The maximum Gasteiger partial charge on any atom is 0.241 e. The Hall–Kier alpha value is -1.11. The number of nitrogens with one attached hydrogen (secondary N) is 1. The zero-order chi connectivity index (χ0) is 16.0. The second-order valence-corrected chi connectivity index (χ2v) is 7.28. The second kappa shape index (κ2) is 7.77. The van der Waals surface area contributed by atoms with Crippen LogP contribution in [-0.4, -0.2) is 33.3 Å². The van der Waals surface area contributed by atoms with E-state index in [0.717, 1.165) is 6.42 Å². The van der Waals surface area contributed by atoms with E-state index < -0.39 is 10.0 Å². The van der Waals surface area contributed by atoms with Crippen LogP contribution in [0.25, 0.3) is 0 Å². The van der Waals surface area contributed by atoms with Crippen LogP contribution in [0.4, 0.5) is 0 Å². The fraction of sp³-hybridized carbons (Fsp3) is 0.600. The maximum absolute atomic E-state index is 12.5. The molecule has 0 bridgehead atoms. The number of hydrogen-bond donors (Lipinski definition) is 2. The predicted octanol–water partition coefficient (Wildman–Crippen LogP) is 1.94. The van der Waals surface area contributed by atoms with E-state index in [1.165, 1.54) is 13.2 Å². The fourth-order valence-electron chi connectivity index (χ4n) is 2.34. The molecule has 1 aromatic rings. The number of methoxy groups -OCH3 is 1. The topological polar surface area (TPSA) is 75.6 Å². The van der Waals surface area contributed by atoms with Crippen molar-refractivity contribution in [3.8, 4) is 5.75 Å². The van der Waals surface area contributed by atoms with Crippen molar-refractivity contribution in [3.63, 3.8) is 0 Å². The normalized spacial score (nSPS) is 13.4. The van der Waals surface area contributed by atoms with Crippen LogP contribution in [0.15, 0.2) is 23.1 Å². The summed E-state index contributed by atoms with van der Waals surface area (Å²) < 4.78 is 32.8. The van der Waals surface area contributed by atoms with E-state index in [9.17, 15) is 8.42 Å². The highest BCUT2D eigenvalue weighted by molar-refractivity contribution is 7.89. The van der Waals surface area contributed by atoms with Gasteiger partial charge in [-0.3, -0.25) is 0 Å². The number of aliphatic hydroxyl groups excluding tert-OH is 1. The molecule has 0 fully saturated rings. The summed E-state index contributed by atoms with van der Waals surface area (Å²) in [7, 11) is -2.08. The van der Waals surface area contributed by atoms with Crippen LogP contribution in [0, 0.1) is 5.92 Å². The van der Waals surface area contributed by atoms with E-state index in [4.69, 9.17) is 9.84 Å². The lowest BCUT2D eigenvalue weighted by Crippen LogP contribution is -2.34. The minimum absolute atomic E-state index is 0.114. The van der Waals surface area contributed by atoms with Crippen molar-refractivity contribution >= 4 is 10.0 Å². The molecule has 5 nitrogen and oxygen atoms in total. The Morgan fingerprint density at radius 1 is 1.29 bits per heavy atom. The van der Waals surface area contributed by atoms with Crippen LogP contribution >= 0.6 is 0 Å². The van der Waals surface area contributed by atoms with E-state index in [-0.39, 0.29) is 24.0 Å². The Balaban J connectivity index is 3.06. The van der Waals surface area contributed by atoms with Gasteiger partial charge in [-0.25, -0.2) is 13.1 Å². The summed E-state index contributed by atoms with van der Waals surface area (Å²) in [5.41, 5.74) is 0.557. The molecule has 0 saturated heterocycles. The number of rotatable bonds is 8. The Labute approximate surface area is 127 Å². The summed E-state index contributed by atoms with van der Waals surface area (Å²) in [5.74, 6) is 0.989. The molecule has 21 heavy (non-hydrogen) atoms. The monoisotopic (exact) mass is 315 g/mol. The lowest BCUT2D eigenvalue weighted by atomic mass is 10.1. The molecule has 2 N–H and O–H groups in total. The zero-order valence-electron chi connectivity index (χ0n) is 13.1. The van der Waals surface area contributed by atoms with Crippen LogP contribution in [0.1, 0.15) is 32.8 Å². The molecule has 1 unspecified atom stereocenters. The molecular weight excluding hydrogens is 290 g/mol. The van der Waals surface area contributed by atoms with Gasteiger partial charge in [0, 0.05) is 12.6 Å². The van der Waals surface area contributed by atoms with E-state index in [1.54, 1.807) is 12.1 Å². The zero-order valence-corrected chi connectivity index (χ0v) is 13.9. The largest absolute Gasteiger partial charge is 0.497 e. The van der Waals surface area contributed by atoms with Crippen LogP contribution in [0.5, 0.6) is 5.75 Å². The summed E-state index contributed by atoms with van der Waals surface area (Å²) >= 11 is 0. The summed E-state index contributed by atoms with van der Waals surface area (Å²) in [6.07, 6.45) is 1.04. The summed E-state index contributed by atoms with van der Waals surface area (Å²) in [5, 5.41) is 9.12. The molecule has 0 aromatic heterocycles. The van der Waals surface area contributed by atoms with Crippen LogP contribution in [0.2, 0.25) is 0 Å². The average molecular weight is 315 g/mol. The number of benzene rings is 1. The van der Waals surface area contributed by atoms with Crippen LogP contribution < -0.4 is 9.46 Å². The Morgan fingerprint density at radius 3 is 2.48 bits per heavy atom. The molecule has 0 aliphatic carbocycles. The summed E-state index contributed by atoms with van der Waals surface area (Å²) in [6, 6.07) is 4.65. The first-order chi connectivity index (χ1) is 9.80. The molecule has 0 heterocycles. The standard InChI is InChI=1S/C15H25NO4S/c1-11(2)9-12(3)16-21(18,19)15-6-5-14(20-4)10-13(15)7-8-17/h5-6,10-12,16-17H,7-9H2,1-4H3. The third-order valence-electron chi connectivity index (χ3n) is 3.12.